The van der Waals surface area contributed by atoms with E-state index in [2.05, 4.69) is 39.4 Å². The van der Waals surface area contributed by atoms with E-state index in [1.807, 2.05) is 74.5 Å². The van der Waals surface area contributed by atoms with Crippen molar-refractivity contribution in [2.24, 2.45) is 20.9 Å². The summed E-state index contributed by atoms with van der Waals surface area (Å²) in [6.07, 6.45) is 9.12. The van der Waals surface area contributed by atoms with E-state index >= 15 is 0 Å². The Hall–Kier alpha value is -5.91. The highest BCUT2D eigenvalue weighted by Crippen LogP contribution is 2.31. The van der Waals surface area contributed by atoms with Gasteiger partial charge in [0.05, 0.1) is 29.3 Å². The van der Waals surface area contributed by atoms with E-state index in [0.717, 1.165) is 39.5 Å². The van der Waals surface area contributed by atoms with Crippen LogP contribution < -0.4 is 15.5 Å². The van der Waals surface area contributed by atoms with Gasteiger partial charge in [-0.15, -0.1) is 0 Å². The van der Waals surface area contributed by atoms with Crippen LogP contribution >= 0.6 is 0 Å². The zero-order valence-corrected chi connectivity index (χ0v) is 31.2. The fraction of sp³-hybridized carbons (Fsp3) is 0.341. The molecule has 53 heavy (non-hydrogen) atoms. The summed E-state index contributed by atoms with van der Waals surface area (Å²) < 4.78 is 0. The summed E-state index contributed by atoms with van der Waals surface area (Å²) in [6.45, 7) is 8.54. The Morgan fingerprint density at radius 1 is 1.02 bits per heavy atom. The van der Waals surface area contributed by atoms with Crippen molar-refractivity contribution in [2.45, 2.75) is 59.0 Å². The van der Waals surface area contributed by atoms with Crippen LogP contribution in [0.15, 0.2) is 105 Å². The summed E-state index contributed by atoms with van der Waals surface area (Å²) in [5.74, 6) is 0.282. The minimum absolute atomic E-state index is 0.0920. The summed E-state index contributed by atoms with van der Waals surface area (Å²) >= 11 is 0. The number of hydrogen-bond donors (Lipinski definition) is 2. The van der Waals surface area contributed by atoms with Gasteiger partial charge in [-0.2, -0.15) is 0 Å². The van der Waals surface area contributed by atoms with E-state index in [1.165, 1.54) is 0 Å². The first-order valence-corrected chi connectivity index (χ1v) is 18.0. The summed E-state index contributed by atoms with van der Waals surface area (Å²) in [4.78, 5) is 64.6. The second kappa shape index (κ2) is 16.2. The maximum atomic E-state index is 13.9. The molecule has 12 nitrogen and oxygen atoms in total. The van der Waals surface area contributed by atoms with Crippen LogP contribution in [0.25, 0.3) is 0 Å². The summed E-state index contributed by atoms with van der Waals surface area (Å²) in [7, 11) is 3.45. The molecule has 274 valence electrons. The number of carbonyl (C=O) groups is 3. The number of benzene rings is 2. The topological polar surface area (TPSA) is 135 Å². The zero-order valence-electron chi connectivity index (χ0n) is 31.2. The normalized spacial score (nSPS) is 21.1. The van der Waals surface area contributed by atoms with Crippen molar-refractivity contribution in [1.82, 2.24) is 20.1 Å². The molecule has 1 aromatic heterocycles. The lowest BCUT2D eigenvalue weighted by molar-refractivity contribution is -0.119. The first kappa shape index (κ1) is 36.9. The van der Waals surface area contributed by atoms with Gasteiger partial charge in [-0.3, -0.25) is 24.5 Å². The van der Waals surface area contributed by atoms with E-state index in [0.29, 0.717) is 43.0 Å². The molecule has 0 radical (unpaired) electrons. The number of aromatic nitrogens is 1. The Balaban J connectivity index is 1.20. The van der Waals surface area contributed by atoms with E-state index in [9.17, 15) is 14.4 Å². The monoisotopic (exact) mass is 713 g/mol. The molecule has 12 heteroatoms. The minimum atomic E-state index is -0.535. The Kier molecular flexibility index (Phi) is 11.3. The molecular formula is C41H47N9O3. The molecule has 0 saturated heterocycles. The van der Waals surface area contributed by atoms with Crippen molar-refractivity contribution in [3.05, 3.63) is 113 Å². The molecule has 1 unspecified atom stereocenters. The van der Waals surface area contributed by atoms with Crippen LogP contribution in [0.3, 0.4) is 0 Å². The van der Waals surface area contributed by atoms with Crippen LogP contribution in [0.4, 0.5) is 16.2 Å². The number of likely N-dealkylation sites (N-methyl/N-ethyl adjacent to an activating group) is 1. The van der Waals surface area contributed by atoms with E-state index < -0.39 is 6.04 Å². The first-order chi connectivity index (χ1) is 25.5. The second-order valence-electron chi connectivity index (χ2n) is 14.0. The number of nitrogens with one attached hydrogen (secondary N) is 2. The predicted octanol–water partition coefficient (Wildman–Crippen LogP) is 6.20. The van der Waals surface area contributed by atoms with Crippen molar-refractivity contribution in [1.29, 1.82) is 0 Å². The number of rotatable bonds is 7. The third-order valence-corrected chi connectivity index (χ3v) is 9.42. The van der Waals surface area contributed by atoms with Crippen molar-refractivity contribution >= 4 is 47.1 Å². The third-order valence-electron chi connectivity index (χ3n) is 9.42. The molecule has 0 saturated carbocycles. The van der Waals surface area contributed by atoms with Crippen molar-refractivity contribution in [2.75, 3.05) is 37.5 Å². The molecule has 1 aliphatic carbocycles. The van der Waals surface area contributed by atoms with Crippen LogP contribution in [0.2, 0.25) is 0 Å². The number of pyridine rings is 1. The number of allylic oxidation sites excluding steroid dienone is 1. The maximum Gasteiger partial charge on any atom is 0.325 e. The van der Waals surface area contributed by atoms with Gasteiger partial charge in [0.2, 0.25) is 5.96 Å². The maximum absolute atomic E-state index is 13.9. The number of guanidine groups is 1. The number of benzodiazepines with no additional fused rings is 1. The lowest BCUT2D eigenvalue weighted by Gasteiger charge is -2.33. The first-order valence-electron chi connectivity index (χ1n) is 18.0. The summed E-state index contributed by atoms with van der Waals surface area (Å²) in [5.41, 5.74) is 6.83. The highest BCUT2D eigenvalue weighted by atomic mass is 16.2. The van der Waals surface area contributed by atoms with Gasteiger partial charge in [0.1, 0.15) is 12.7 Å². The number of anilines is 2. The number of nitrogens with zero attached hydrogens (tertiary/aromatic N) is 7. The Labute approximate surface area is 311 Å². The van der Waals surface area contributed by atoms with E-state index in [1.54, 1.807) is 53.3 Å². The number of carbonyl (C=O) groups excluding carboxylic acids is 3. The average molecular weight is 714 g/mol. The highest BCUT2D eigenvalue weighted by molar-refractivity contribution is 6.20. The molecule has 0 bridgehead atoms. The van der Waals surface area contributed by atoms with Gasteiger partial charge in [-0.25, -0.2) is 14.8 Å². The number of aryl methyl sites for hydroxylation is 1. The molecule has 4 amide bonds. The van der Waals surface area contributed by atoms with Gasteiger partial charge in [0, 0.05) is 61.4 Å². The van der Waals surface area contributed by atoms with Crippen molar-refractivity contribution in [3.63, 3.8) is 0 Å². The van der Waals surface area contributed by atoms with Crippen molar-refractivity contribution < 1.29 is 14.4 Å². The van der Waals surface area contributed by atoms with Gasteiger partial charge in [0.15, 0.2) is 0 Å². The minimum Gasteiger partial charge on any atom is -0.345 e. The van der Waals surface area contributed by atoms with Crippen LogP contribution in [-0.4, -0.2) is 89.9 Å². The molecule has 0 spiro atoms. The molecule has 2 atom stereocenters. The quantitative estimate of drug-likeness (QED) is 0.301. The lowest BCUT2D eigenvalue weighted by atomic mass is 9.97. The van der Waals surface area contributed by atoms with Crippen LogP contribution in [0.1, 0.15) is 67.2 Å². The SMILES string of the molecule is CC1=CCC(NC(=O)c2ccc3c(c2)N(C)C(=O)[C@H](CC(C)C)N=C3c2ccccc2)C=C1N1CC/C=N\C(Nc2ccc(C)nc2)=N/CN(C)C1=O. The van der Waals surface area contributed by atoms with Crippen molar-refractivity contribution in [3.8, 4) is 0 Å². The summed E-state index contributed by atoms with van der Waals surface area (Å²) in [6, 6.07) is 18.0. The smallest absolute Gasteiger partial charge is 0.325 e. The largest absolute Gasteiger partial charge is 0.345 e. The molecule has 2 aliphatic heterocycles. The molecule has 2 N–H and O–H groups in total. The van der Waals surface area contributed by atoms with Crippen LogP contribution in [0.5, 0.6) is 0 Å². The Morgan fingerprint density at radius 3 is 2.55 bits per heavy atom. The number of fused-ring (bicyclic) bond motifs is 1. The highest BCUT2D eigenvalue weighted by Gasteiger charge is 2.32. The number of hydrogen-bond acceptors (Lipinski definition) is 8. The molecule has 3 aliphatic rings. The number of amides is 4. The summed E-state index contributed by atoms with van der Waals surface area (Å²) in [5, 5.41) is 6.33. The molecule has 3 aromatic rings. The van der Waals surface area contributed by atoms with E-state index in [4.69, 9.17) is 4.99 Å². The van der Waals surface area contributed by atoms with Gasteiger partial charge in [-0.05, 0) is 74.6 Å². The number of urea groups is 1. The number of aliphatic imine (C=N–C) groups is 3. The average Bonchev–Trinajstić information content (AvgIpc) is 3.25. The Bertz CT molecular complexity index is 2020. The van der Waals surface area contributed by atoms with Gasteiger partial charge in [0.25, 0.3) is 11.8 Å². The fourth-order valence-electron chi connectivity index (χ4n) is 6.53. The molecule has 0 fully saturated rings. The standard InChI is InChI=1S/C41H47N9O3/c1-26(2)21-34-39(52)49(6)36-22-30(15-18-33(36)37(47-34)29-11-8-7-9-12-29)38(51)45-31-16-13-27(3)35(23-31)50-20-10-19-42-40(44-25-48(5)41(50)53)46-32-17-14-28(4)43-24-32/h7-9,11-15,17-19,22-24,26,31,34H,10,16,20-21,25H2,1-6H3,(H,44,46)(H,45,51)/b42-19-/t31?,34-/m0/s1. The lowest BCUT2D eigenvalue weighted by Crippen LogP contribution is -2.44. The van der Waals surface area contributed by atoms with Crippen LogP contribution in [0, 0.1) is 12.8 Å². The molecule has 3 heterocycles. The van der Waals surface area contributed by atoms with Gasteiger partial charge < -0.3 is 20.4 Å². The zero-order chi connectivity index (χ0) is 37.6. The Morgan fingerprint density at radius 2 is 1.81 bits per heavy atom. The fourth-order valence-corrected chi connectivity index (χ4v) is 6.53. The molecule has 2 aromatic carbocycles. The van der Waals surface area contributed by atoms with Crippen LogP contribution in [-0.2, 0) is 4.79 Å². The molecular weight excluding hydrogens is 667 g/mol. The van der Waals surface area contributed by atoms with Gasteiger partial charge >= 0.3 is 6.03 Å². The second-order valence-corrected chi connectivity index (χ2v) is 14.0. The van der Waals surface area contributed by atoms with E-state index in [-0.39, 0.29) is 36.5 Å². The predicted molar refractivity (Wildman–Crippen MR) is 211 cm³/mol. The third kappa shape index (κ3) is 8.60. The molecule has 6 rings (SSSR count). The van der Waals surface area contributed by atoms with Gasteiger partial charge in [-0.1, -0.05) is 50.3 Å².